The summed E-state index contributed by atoms with van der Waals surface area (Å²) in [5.41, 5.74) is 0. The number of aliphatic hydroxyl groups is 4. The molecule has 14 heavy (non-hydrogen) atoms. The third-order valence-electron chi connectivity index (χ3n) is 1.08. The van der Waals surface area contributed by atoms with E-state index in [9.17, 15) is 0 Å². The van der Waals surface area contributed by atoms with Crippen LogP contribution in [0.5, 0.6) is 0 Å². The highest BCUT2D eigenvalue weighted by Gasteiger charge is 2.19. The first-order valence-electron chi connectivity index (χ1n) is 3.53. The van der Waals surface area contributed by atoms with Crippen LogP contribution in [-0.2, 0) is 4.57 Å². The molecule has 0 radical (unpaired) electrons. The third-order valence-corrected chi connectivity index (χ3v) is 1.08. The number of hydrogen-bond acceptors (Lipinski definition) is 5. The molecule has 1 unspecified atom stereocenters. The van der Waals surface area contributed by atoms with Crippen LogP contribution < -0.4 is 0 Å². The Morgan fingerprint density at radius 1 is 1.14 bits per heavy atom. The summed E-state index contributed by atoms with van der Waals surface area (Å²) in [4.78, 5) is 21.6. The molecule has 3 atom stereocenters. The molecule has 0 heterocycles. The van der Waals surface area contributed by atoms with Crippen molar-refractivity contribution in [3.63, 3.8) is 0 Å². The minimum Gasteiger partial charge on any atom is -0.394 e. The van der Waals surface area contributed by atoms with Crippen molar-refractivity contribution in [3.05, 3.63) is 0 Å². The van der Waals surface area contributed by atoms with Crippen LogP contribution in [0.2, 0.25) is 0 Å². The molecule has 0 saturated carbocycles. The molecule has 0 fully saturated rings. The van der Waals surface area contributed by atoms with Gasteiger partial charge in [-0.2, -0.15) is 0 Å². The van der Waals surface area contributed by atoms with Gasteiger partial charge in [-0.05, 0) is 6.92 Å². The minimum absolute atomic E-state index is 0.536. The lowest BCUT2D eigenvalue weighted by molar-refractivity contribution is -0.0698. The van der Waals surface area contributed by atoms with Crippen molar-refractivity contribution >= 4 is 7.82 Å². The molecule has 7 N–H and O–H groups in total. The van der Waals surface area contributed by atoms with Gasteiger partial charge in [0.15, 0.2) is 0 Å². The van der Waals surface area contributed by atoms with Crippen LogP contribution in [-0.4, -0.2) is 60.0 Å². The smallest absolute Gasteiger partial charge is 0.394 e. The maximum atomic E-state index is 8.88. The Bertz CT molecular complexity index is 168. The fraction of sp³-hybridized carbons (Fsp3) is 1.00. The van der Waals surface area contributed by atoms with Crippen LogP contribution >= 0.6 is 7.82 Å². The summed E-state index contributed by atoms with van der Waals surface area (Å²) in [6.45, 7) is 0.801. The minimum atomic E-state index is -4.64. The second kappa shape index (κ2) is 7.27. The lowest BCUT2D eigenvalue weighted by atomic mass is 10.1. The topological polar surface area (TPSA) is 159 Å². The molecule has 0 spiro atoms. The van der Waals surface area contributed by atoms with E-state index in [1.165, 1.54) is 6.92 Å². The van der Waals surface area contributed by atoms with E-state index in [-0.39, 0.29) is 0 Å². The first-order valence-corrected chi connectivity index (χ1v) is 5.09. The number of hydrogen-bond donors (Lipinski definition) is 7. The zero-order chi connectivity index (χ0) is 11.9. The molecule has 0 rings (SSSR count). The molecule has 0 aromatic carbocycles. The SMILES string of the molecule is CC(O)[C@H](O)[C@H](O)CO.O=P(O)(O)O. The molecule has 0 bridgehead atoms. The average molecular weight is 234 g/mol. The van der Waals surface area contributed by atoms with Gasteiger partial charge in [0.05, 0.1) is 12.7 Å². The molecule has 9 heteroatoms. The fourth-order valence-electron chi connectivity index (χ4n) is 0.429. The predicted octanol–water partition coefficient (Wildman–Crippen LogP) is -2.85. The fourth-order valence-corrected chi connectivity index (χ4v) is 0.429. The first-order chi connectivity index (χ1) is 6.09. The van der Waals surface area contributed by atoms with Crippen LogP contribution in [0.25, 0.3) is 0 Å². The van der Waals surface area contributed by atoms with Crippen LogP contribution in [0.1, 0.15) is 6.92 Å². The predicted molar refractivity (Wildman–Crippen MR) is 45.0 cm³/mol. The highest BCUT2D eigenvalue weighted by atomic mass is 31.2. The number of phosphoric acid groups is 1. The zero-order valence-corrected chi connectivity index (χ0v) is 8.32. The molecule has 0 aliphatic carbocycles. The van der Waals surface area contributed by atoms with E-state index in [1.807, 2.05) is 0 Å². The molecule has 0 saturated heterocycles. The zero-order valence-electron chi connectivity index (χ0n) is 7.43. The lowest BCUT2D eigenvalue weighted by Crippen LogP contribution is -2.37. The molecule has 0 aromatic rings. The Kier molecular flexibility index (Phi) is 8.51. The largest absolute Gasteiger partial charge is 0.466 e. The van der Waals surface area contributed by atoms with Gasteiger partial charge >= 0.3 is 7.82 Å². The van der Waals surface area contributed by atoms with Gasteiger partial charge in [-0.3, -0.25) is 0 Å². The first kappa shape index (κ1) is 16.4. The van der Waals surface area contributed by atoms with Gasteiger partial charge in [0.2, 0.25) is 0 Å². The number of rotatable bonds is 3. The van der Waals surface area contributed by atoms with Crippen molar-refractivity contribution in [2.75, 3.05) is 6.61 Å². The van der Waals surface area contributed by atoms with Crippen molar-refractivity contribution in [2.45, 2.75) is 25.2 Å². The summed E-state index contributed by atoms with van der Waals surface area (Å²) < 4.78 is 8.88. The molecule has 0 amide bonds. The van der Waals surface area contributed by atoms with Gasteiger partial charge in [-0.25, -0.2) is 4.57 Å². The molecule has 0 aromatic heterocycles. The van der Waals surface area contributed by atoms with Crippen LogP contribution in [0.4, 0.5) is 0 Å². The molecule has 88 valence electrons. The standard InChI is InChI=1S/C5H12O4.H3O4P/c1-3(7)5(9)4(8)2-6;1-5(2,3)4/h3-9H,2H2,1H3;(H3,1,2,3,4)/t3?,4-,5+;/m1./s1. The molecule has 8 nitrogen and oxygen atoms in total. The molecule has 0 aliphatic heterocycles. The highest BCUT2D eigenvalue weighted by molar-refractivity contribution is 7.45. The maximum Gasteiger partial charge on any atom is 0.466 e. The van der Waals surface area contributed by atoms with Crippen molar-refractivity contribution in [1.29, 1.82) is 0 Å². The van der Waals surface area contributed by atoms with Gasteiger partial charge in [0.25, 0.3) is 0 Å². The third kappa shape index (κ3) is 14.5. The van der Waals surface area contributed by atoms with Crippen LogP contribution in [0, 0.1) is 0 Å². The van der Waals surface area contributed by atoms with Gasteiger partial charge in [-0.1, -0.05) is 0 Å². The lowest BCUT2D eigenvalue weighted by Gasteiger charge is -2.17. The summed E-state index contributed by atoms with van der Waals surface area (Å²) >= 11 is 0. The monoisotopic (exact) mass is 234 g/mol. The van der Waals surface area contributed by atoms with E-state index in [4.69, 9.17) is 39.7 Å². The normalized spacial score (nSPS) is 17.7. The molecular weight excluding hydrogens is 219 g/mol. The summed E-state index contributed by atoms with van der Waals surface area (Å²) in [6.07, 6.45) is -3.51. The van der Waals surface area contributed by atoms with Gasteiger partial charge in [-0.15, -0.1) is 0 Å². The van der Waals surface area contributed by atoms with Gasteiger partial charge < -0.3 is 35.1 Å². The van der Waals surface area contributed by atoms with E-state index in [0.717, 1.165) is 0 Å². The van der Waals surface area contributed by atoms with Crippen molar-refractivity contribution < 1.29 is 39.7 Å². The Morgan fingerprint density at radius 3 is 1.50 bits per heavy atom. The van der Waals surface area contributed by atoms with Gasteiger partial charge in [0.1, 0.15) is 12.2 Å². The van der Waals surface area contributed by atoms with Crippen molar-refractivity contribution in [1.82, 2.24) is 0 Å². The Balaban J connectivity index is 0. The second-order valence-electron chi connectivity index (χ2n) is 2.49. The maximum absolute atomic E-state index is 8.88. The number of aliphatic hydroxyl groups excluding tert-OH is 4. The Hall–Kier alpha value is -0.0500. The van der Waals surface area contributed by atoms with E-state index < -0.39 is 32.7 Å². The van der Waals surface area contributed by atoms with Gasteiger partial charge in [0, 0.05) is 0 Å². The summed E-state index contributed by atoms with van der Waals surface area (Å²) in [6, 6.07) is 0. The van der Waals surface area contributed by atoms with Crippen LogP contribution in [0.15, 0.2) is 0 Å². The summed E-state index contributed by atoms with van der Waals surface area (Å²) in [5.74, 6) is 0. The highest BCUT2D eigenvalue weighted by Crippen LogP contribution is 2.25. The average Bonchev–Trinajstić information content (AvgIpc) is 1.98. The Morgan fingerprint density at radius 2 is 1.43 bits per heavy atom. The van der Waals surface area contributed by atoms with Crippen molar-refractivity contribution in [3.8, 4) is 0 Å². The molecule has 0 aliphatic rings. The Labute approximate surface area is 80.3 Å². The summed E-state index contributed by atoms with van der Waals surface area (Å²) in [5, 5.41) is 34.2. The van der Waals surface area contributed by atoms with E-state index in [1.54, 1.807) is 0 Å². The quantitative estimate of drug-likeness (QED) is 0.257. The van der Waals surface area contributed by atoms with Crippen molar-refractivity contribution in [2.24, 2.45) is 0 Å². The molecular formula is C5H15O8P. The van der Waals surface area contributed by atoms with E-state index in [0.29, 0.717) is 0 Å². The summed E-state index contributed by atoms with van der Waals surface area (Å²) in [7, 11) is -4.64. The van der Waals surface area contributed by atoms with E-state index >= 15 is 0 Å². The van der Waals surface area contributed by atoms with E-state index in [2.05, 4.69) is 0 Å². The second-order valence-corrected chi connectivity index (χ2v) is 3.52. The van der Waals surface area contributed by atoms with Crippen LogP contribution in [0.3, 0.4) is 0 Å².